The Bertz CT molecular complexity index is 660. The third kappa shape index (κ3) is 4.10. The fourth-order valence-corrected chi connectivity index (χ4v) is 3.11. The third-order valence-electron chi connectivity index (χ3n) is 3.66. The van der Waals surface area contributed by atoms with Crippen molar-refractivity contribution in [1.29, 1.82) is 0 Å². The van der Waals surface area contributed by atoms with Gasteiger partial charge in [-0.05, 0) is 23.1 Å². The number of amides is 2. The zero-order valence-corrected chi connectivity index (χ0v) is 13.4. The minimum Gasteiger partial charge on any atom is -0.488 e. The summed E-state index contributed by atoms with van der Waals surface area (Å²) in [6.07, 6.45) is 1.05. The molecule has 0 radical (unpaired) electrons. The van der Waals surface area contributed by atoms with Gasteiger partial charge < -0.3 is 15.4 Å². The Labute approximate surface area is 138 Å². The lowest BCUT2D eigenvalue weighted by atomic mass is 10.1. The highest BCUT2D eigenvalue weighted by molar-refractivity contribution is 7.08. The standard InChI is InChI=1S/C17H18N2O3S/c20-16(5-7-18-17(21)13-6-8-23-11-13)19-10-14-9-12-3-1-2-4-15(12)22-14/h1-4,6,8,11,14H,5,7,9-10H2,(H,18,21)(H,19,20). The van der Waals surface area contributed by atoms with E-state index in [1.165, 1.54) is 16.9 Å². The van der Waals surface area contributed by atoms with Crippen molar-refractivity contribution in [1.82, 2.24) is 10.6 Å². The lowest BCUT2D eigenvalue weighted by Crippen LogP contribution is -2.36. The van der Waals surface area contributed by atoms with E-state index in [1.807, 2.05) is 29.6 Å². The number of rotatable bonds is 6. The smallest absolute Gasteiger partial charge is 0.252 e. The summed E-state index contributed by atoms with van der Waals surface area (Å²) in [6, 6.07) is 9.67. The number of thiophene rings is 1. The molecule has 1 unspecified atom stereocenters. The molecule has 2 aromatic rings. The molecular weight excluding hydrogens is 312 g/mol. The first-order valence-electron chi connectivity index (χ1n) is 7.54. The van der Waals surface area contributed by atoms with E-state index in [2.05, 4.69) is 10.6 Å². The zero-order chi connectivity index (χ0) is 16.1. The Morgan fingerprint density at radius 1 is 1.22 bits per heavy atom. The quantitative estimate of drug-likeness (QED) is 0.851. The monoisotopic (exact) mass is 330 g/mol. The van der Waals surface area contributed by atoms with Gasteiger partial charge in [0, 0.05) is 30.3 Å². The van der Waals surface area contributed by atoms with Gasteiger partial charge in [0.2, 0.25) is 5.91 Å². The molecule has 1 aromatic heterocycles. The van der Waals surface area contributed by atoms with Crippen LogP contribution in [0.3, 0.4) is 0 Å². The van der Waals surface area contributed by atoms with E-state index in [4.69, 9.17) is 4.74 Å². The molecule has 0 bridgehead atoms. The van der Waals surface area contributed by atoms with Crippen LogP contribution < -0.4 is 15.4 Å². The van der Waals surface area contributed by atoms with Gasteiger partial charge in [0.25, 0.3) is 5.91 Å². The first kappa shape index (κ1) is 15.6. The molecule has 2 amide bonds. The van der Waals surface area contributed by atoms with Gasteiger partial charge in [-0.1, -0.05) is 18.2 Å². The average molecular weight is 330 g/mol. The highest BCUT2D eigenvalue weighted by Gasteiger charge is 2.22. The van der Waals surface area contributed by atoms with Crippen molar-refractivity contribution < 1.29 is 14.3 Å². The number of fused-ring (bicyclic) bond motifs is 1. The Kier molecular flexibility index (Phi) is 4.92. The van der Waals surface area contributed by atoms with Gasteiger partial charge in [0.05, 0.1) is 6.54 Å². The maximum atomic E-state index is 11.8. The number of carbonyl (C=O) groups excluding carboxylic acids is 2. The highest BCUT2D eigenvalue weighted by atomic mass is 32.1. The molecule has 1 aromatic carbocycles. The second kappa shape index (κ2) is 7.28. The summed E-state index contributed by atoms with van der Waals surface area (Å²) in [4.78, 5) is 23.5. The number of nitrogens with one attached hydrogen (secondary N) is 2. The van der Waals surface area contributed by atoms with Gasteiger partial charge in [0.15, 0.2) is 0 Å². The average Bonchev–Trinajstić information content (AvgIpc) is 3.21. The molecule has 0 spiro atoms. The zero-order valence-electron chi connectivity index (χ0n) is 12.6. The molecular formula is C17H18N2O3S. The third-order valence-corrected chi connectivity index (χ3v) is 4.34. The molecule has 5 nitrogen and oxygen atoms in total. The minimum absolute atomic E-state index is 0.0169. The number of benzene rings is 1. The molecule has 3 rings (SSSR count). The molecule has 0 fully saturated rings. The van der Waals surface area contributed by atoms with E-state index < -0.39 is 0 Å². The summed E-state index contributed by atoms with van der Waals surface area (Å²) in [5, 5.41) is 9.22. The number of para-hydroxylation sites is 1. The largest absolute Gasteiger partial charge is 0.488 e. The molecule has 6 heteroatoms. The second-order valence-corrected chi connectivity index (χ2v) is 6.15. The molecule has 1 atom stereocenters. The van der Waals surface area contributed by atoms with E-state index in [1.54, 1.807) is 11.4 Å². The Morgan fingerprint density at radius 3 is 2.87 bits per heavy atom. The van der Waals surface area contributed by atoms with Crippen molar-refractivity contribution >= 4 is 23.2 Å². The van der Waals surface area contributed by atoms with Crippen molar-refractivity contribution in [3.8, 4) is 5.75 Å². The van der Waals surface area contributed by atoms with Gasteiger partial charge in [-0.3, -0.25) is 9.59 Å². The molecule has 1 aliphatic rings. The molecule has 2 N–H and O–H groups in total. The number of hydrogen-bond acceptors (Lipinski definition) is 4. The number of hydrogen-bond donors (Lipinski definition) is 2. The van der Waals surface area contributed by atoms with Crippen molar-refractivity contribution in [2.75, 3.05) is 13.1 Å². The second-order valence-electron chi connectivity index (χ2n) is 5.37. The van der Waals surface area contributed by atoms with Gasteiger partial charge in [-0.2, -0.15) is 11.3 Å². The van der Waals surface area contributed by atoms with Crippen LogP contribution >= 0.6 is 11.3 Å². The number of ether oxygens (including phenoxy) is 1. The van der Waals surface area contributed by atoms with Crippen LogP contribution in [0.25, 0.3) is 0 Å². The van der Waals surface area contributed by atoms with Gasteiger partial charge >= 0.3 is 0 Å². The predicted molar refractivity (Wildman–Crippen MR) is 88.8 cm³/mol. The first-order valence-corrected chi connectivity index (χ1v) is 8.48. The van der Waals surface area contributed by atoms with Crippen LogP contribution in [-0.4, -0.2) is 31.0 Å². The Balaban J connectivity index is 1.34. The van der Waals surface area contributed by atoms with Crippen LogP contribution in [0, 0.1) is 0 Å². The summed E-state index contributed by atoms with van der Waals surface area (Å²) in [5.41, 5.74) is 1.81. The van der Waals surface area contributed by atoms with Gasteiger partial charge in [0.1, 0.15) is 11.9 Å². The summed E-state index contributed by atoms with van der Waals surface area (Å²) < 4.78 is 5.77. The van der Waals surface area contributed by atoms with Crippen LogP contribution in [0.4, 0.5) is 0 Å². The van der Waals surface area contributed by atoms with E-state index in [9.17, 15) is 9.59 Å². The van der Waals surface area contributed by atoms with Crippen LogP contribution in [0.2, 0.25) is 0 Å². The normalized spacial score (nSPS) is 15.6. The summed E-state index contributed by atoms with van der Waals surface area (Å²) in [7, 11) is 0. The van der Waals surface area contributed by atoms with Crippen molar-refractivity contribution in [2.24, 2.45) is 0 Å². The van der Waals surface area contributed by atoms with Crippen molar-refractivity contribution in [2.45, 2.75) is 18.9 Å². The van der Waals surface area contributed by atoms with Gasteiger partial charge in [-0.25, -0.2) is 0 Å². The van der Waals surface area contributed by atoms with E-state index in [0.29, 0.717) is 18.7 Å². The summed E-state index contributed by atoms with van der Waals surface area (Å²) >= 11 is 1.47. The maximum absolute atomic E-state index is 11.8. The van der Waals surface area contributed by atoms with E-state index in [0.717, 1.165) is 12.2 Å². The first-order chi connectivity index (χ1) is 11.2. The lowest BCUT2D eigenvalue weighted by Gasteiger charge is -2.12. The Hall–Kier alpha value is -2.34. The summed E-state index contributed by atoms with van der Waals surface area (Å²) in [6.45, 7) is 0.804. The van der Waals surface area contributed by atoms with E-state index in [-0.39, 0.29) is 24.3 Å². The van der Waals surface area contributed by atoms with Crippen molar-refractivity contribution in [3.63, 3.8) is 0 Å². The summed E-state index contributed by atoms with van der Waals surface area (Å²) in [5.74, 6) is 0.665. The fourth-order valence-electron chi connectivity index (χ4n) is 2.47. The number of carbonyl (C=O) groups is 2. The highest BCUT2D eigenvalue weighted by Crippen LogP contribution is 2.27. The Morgan fingerprint density at radius 2 is 2.09 bits per heavy atom. The van der Waals surface area contributed by atoms with Crippen LogP contribution in [0.5, 0.6) is 5.75 Å². The SMILES string of the molecule is O=C(CCNC(=O)c1ccsc1)NCC1Cc2ccccc2O1. The molecule has 0 saturated carbocycles. The molecule has 2 heterocycles. The maximum Gasteiger partial charge on any atom is 0.252 e. The molecule has 120 valence electrons. The molecule has 23 heavy (non-hydrogen) atoms. The molecule has 1 aliphatic heterocycles. The van der Waals surface area contributed by atoms with Crippen LogP contribution in [-0.2, 0) is 11.2 Å². The minimum atomic E-state index is -0.145. The van der Waals surface area contributed by atoms with Crippen LogP contribution in [0.1, 0.15) is 22.3 Å². The van der Waals surface area contributed by atoms with Crippen LogP contribution in [0.15, 0.2) is 41.1 Å². The van der Waals surface area contributed by atoms with Crippen molar-refractivity contribution in [3.05, 3.63) is 52.2 Å². The fraction of sp³-hybridized carbons (Fsp3) is 0.294. The van der Waals surface area contributed by atoms with E-state index >= 15 is 0 Å². The van der Waals surface area contributed by atoms with Gasteiger partial charge in [-0.15, -0.1) is 0 Å². The molecule has 0 saturated heterocycles. The lowest BCUT2D eigenvalue weighted by molar-refractivity contribution is -0.121. The topological polar surface area (TPSA) is 67.4 Å². The molecule has 0 aliphatic carbocycles. The predicted octanol–water partition coefficient (Wildman–Crippen LogP) is 1.99.